The lowest BCUT2D eigenvalue weighted by atomic mass is 10.1. The zero-order valence-corrected chi connectivity index (χ0v) is 24.0. The number of imidazole rings is 1. The van der Waals surface area contributed by atoms with Crippen LogP contribution in [0.2, 0.25) is 27.3 Å². The number of aromatic nitrogens is 4. The molecule has 0 radical (unpaired) electrons. The van der Waals surface area contributed by atoms with E-state index in [4.69, 9.17) is 29.3 Å². The molecule has 2 aromatic heterocycles. The summed E-state index contributed by atoms with van der Waals surface area (Å²) >= 11 is 6.19. The Balaban J connectivity index is 1.77. The molecule has 2 saturated heterocycles. The molecule has 4 rings (SSSR count). The van der Waals surface area contributed by atoms with Crippen molar-refractivity contribution in [3.05, 3.63) is 17.8 Å². The first kappa shape index (κ1) is 26.1. The maximum absolute atomic E-state index is 11.5. The summed E-state index contributed by atoms with van der Waals surface area (Å²) in [6.07, 6.45) is 0.205. The molecule has 0 aromatic carbocycles. The van der Waals surface area contributed by atoms with Crippen LogP contribution in [-0.2, 0) is 17.7 Å². The van der Waals surface area contributed by atoms with Gasteiger partial charge in [0.25, 0.3) is 0 Å². The third-order valence-corrected chi connectivity index (χ3v) is 17.8. The SMILES string of the molecule is CC(C)[Si]1(C(C)C)OC[C@H]2O[C@@H](n3cnc4c(Cl)ncnc43)C(O)[C@H]2O[Si](C(C)C)(C(C)C)O1. The number of halogens is 1. The molecule has 34 heavy (non-hydrogen) atoms. The Labute approximate surface area is 208 Å². The molecule has 0 bridgehead atoms. The standard InChI is InChI=1S/C22H37ClN4O5Si2/c1-12(2)33(13(3)4)29-9-16-19(31-34(32-33,14(5)6)15(7)8)18(28)22(30-16)27-11-26-17-20(23)24-10-25-21(17)27/h10-16,18-19,22,28H,9H2,1-8H3/t16-,18?,19+,22-/m1/s1. The molecule has 2 fully saturated rings. The third-order valence-electron chi connectivity index (χ3n) is 7.23. The summed E-state index contributed by atoms with van der Waals surface area (Å²) < 4.78 is 29.0. The van der Waals surface area contributed by atoms with Gasteiger partial charge in [-0.1, -0.05) is 67.0 Å². The number of aliphatic hydroxyl groups is 1. The number of hydrogen-bond acceptors (Lipinski definition) is 8. The number of ether oxygens (including phenoxy) is 1. The Morgan fingerprint density at radius 3 is 2.18 bits per heavy atom. The molecule has 0 saturated carbocycles. The minimum Gasteiger partial charge on any atom is -0.414 e. The van der Waals surface area contributed by atoms with Crippen LogP contribution in [0.4, 0.5) is 0 Å². The molecule has 0 spiro atoms. The number of rotatable bonds is 5. The van der Waals surface area contributed by atoms with Gasteiger partial charge in [-0.25, -0.2) is 15.0 Å². The molecular weight excluding hydrogens is 492 g/mol. The topological polar surface area (TPSA) is 101 Å². The van der Waals surface area contributed by atoms with E-state index in [0.717, 1.165) is 0 Å². The number of aliphatic hydroxyl groups excluding tert-OH is 1. The second kappa shape index (κ2) is 9.51. The lowest BCUT2D eigenvalue weighted by Crippen LogP contribution is -2.65. The van der Waals surface area contributed by atoms with Gasteiger partial charge in [-0.15, -0.1) is 0 Å². The van der Waals surface area contributed by atoms with Crippen molar-refractivity contribution < 1.29 is 22.8 Å². The van der Waals surface area contributed by atoms with Crippen molar-refractivity contribution in [2.24, 2.45) is 0 Å². The summed E-state index contributed by atoms with van der Waals surface area (Å²) in [6, 6.07) is 0. The fourth-order valence-corrected chi connectivity index (χ4v) is 16.8. The molecule has 2 aliphatic rings. The van der Waals surface area contributed by atoms with Gasteiger partial charge in [0, 0.05) is 0 Å². The predicted octanol–water partition coefficient (Wildman–Crippen LogP) is 4.69. The van der Waals surface area contributed by atoms with E-state index in [1.54, 1.807) is 10.9 Å². The van der Waals surface area contributed by atoms with E-state index in [-0.39, 0.29) is 27.3 Å². The molecule has 0 aliphatic carbocycles. The molecule has 190 valence electrons. The summed E-state index contributed by atoms with van der Waals surface area (Å²) in [7, 11) is -5.54. The van der Waals surface area contributed by atoms with Gasteiger partial charge < -0.3 is 22.8 Å². The summed E-state index contributed by atoms with van der Waals surface area (Å²) in [5.74, 6) is 0. The number of hydrogen-bond donors (Lipinski definition) is 1. The van der Waals surface area contributed by atoms with Crippen molar-refractivity contribution in [3.63, 3.8) is 0 Å². The predicted molar refractivity (Wildman–Crippen MR) is 134 cm³/mol. The van der Waals surface area contributed by atoms with Gasteiger partial charge >= 0.3 is 17.1 Å². The van der Waals surface area contributed by atoms with Crippen molar-refractivity contribution >= 4 is 39.9 Å². The Morgan fingerprint density at radius 1 is 0.971 bits per heavy atom. The monoisotopic (exact) mass is 528 g/mol. The largest absolute Gasteiger partial charge is 0.414 e. The molecule has 1 unspecified atom stereocenters. The smallest absolute Gasteiger partial charge is 0.335 e. The molecule has 12 heteroatoms. The van der Waals surface area contributed by atoms with Crippen LogP contribution in [0, 0.1) is 0 Å². The van der Waals surface area contributed by atoms with Crippen LogP contribution in [0.25, 0.3) is 11.2 Å². The minimum atomic E-state index is -2.86. The van der Waals surface area contributed by atoms with Crippen LogP contribution >= 0.6 is 11.6 Å². The summed E-state index contributed by atoms with van der Waals surface area (Å²) in [5, 5.41) is 11.7. The molecular formula is C22H37ClN4O5Si2. The highest BCUT2D eigenvalue weighted by atomic mass is 35.5. The first-order valence-electron chi connectivity index (χ1n) is 12.1. The van der Waals surface area contributed by atoms with Gasteiger partial charge in [-0.3, -0.25) is 4.57 Å². The van der Waals surface area contributed by atoms with Crippen LogP contribution in [-0.4, -0.2) is 66.7 Å². The number of nitrogens with zero attached hydrogens (tertiary/aromatic N) is 4. The summed E-state index contributed by atoms with van der Waals surface area (Å²) in [5.41, 5.74) is 1.74. The Morgan fingerprint density at radius 2 is 1.59 bits per heavy atom. The third kappa shape index (κ3) is 4.07. The highest BCUT2D eigenvalue weighted by molar-refractivity contribution is 6.84. The van der Waals surface area contributed by atoms with Crippen molar-refractivity contribution in [1.82, 2.24) is 19.5 Å². The van der Waals surface area contributed by atoms with Gasteiger partial charge in [-0.05, 0) is 22.2 Å². The van der Waals surface area contributed by atoms with E-state index in [1.165, 1.54) is 6.33 Å². The van der Waals surface area contributed by atoms with E-state index in [2.05, 4.69) is 70.3 Å². The van der Waals surface area contributed by atoms with Crippen molar-refractivity contribution in [3.8, 4) is 0 Å². The Kier molecular flexibility index (Phi) is 7.31. The van der Waals surface area contributed by atoms with Crippen molar-refractivity contribution in [2.45, 2.75) is 102 Å². The van der Waals surface area contributed by atoms with Crippen LogP contribution in [0.3, 0.4) is 0 Å². The lowest BCUT2D eigenvalue weighted by molar-refractivity contribution is -0.0570. The van der Waals surface area contributed by atoms with E-state index < -0.39 is 41.7 Å². The maximum atomic E-state index is 11.5. The highest BCUT2D eigenvalue weighted by Crippen LogP contribution is 2.48. The first-order valence-corrected chi connectivity index (χ1v) is 16.4. The van der Waals surface area contributed by atoms with Gasteiger partial charge in [0.1, 0.15) is 30.2 Å². The molecule has 0 amide bonds. The molecule has 1 N–H and O–H groups in total. The molecule has 9 nitrogen and oxygen atoms in total. The van der Waals surface area contributed by atoms with Crippen molar-refractivity contribution in [1.29, 1.82) is 0 Å². The van der Waals surface area contributed by atoms with Crippen molar-refractivity contribution in [2.75, 3.05) is 6.61 Å². The van der Waals surface area contributed by atoms with Gasteiger partial charge in [-0.2, -0.15) is 0 Å². The summed E-state index contributed by atoms with van der Waals surface area (Å²) in [4.78, 5) is 12.7. The fourth-order valence-electron chi connectivity index (χ4n) is 5.38. The van der Waals surface area contributed by atoms with Crippen LogP contribution < -0.4 is 0 Å². The summed E-state index contributed by atoms with van der Waals surface area (Å²) in [6.45, 7) is 17.6. The van der Waals surface area contributed by atoms with Gasteiger partial charge in [0.15, 0.2) is 17.0 Å². The average molecular weight is 529 g/mol. The van der Waals surface area contributed by atoms with E-state index >= 15 is 0 Å². The molecule has 2 aliphatic heterocycles. The van der Waals surface area contributed by atoms with Gasteiger partial charge in [0.2, 0.25) is 0 Å². The molecule has 4 heterocycles. The zero-order valence-electron chi connectivity index (χ0n) is 21.2. The second-order valence-corrected chi connectivity index (χ2v) is 19.8. The lowest BCUT2D eigenvalue weighted by Gasteiger charge is -2.51. The minimum absolute atomic E-state index is 0.158. The normalized spacial score (nSPS) is 29.2. The van der Waals surface area contributed by atoms with Gasteiger partial charge in [0.05, 0.1) is 12.9 Å². The van der Waals surface area contributed by atoms with Crippen LogP contribution in [0.5, 0.6) is 0 Å². The Bertz CT molecular complexity index is 1000. The zero-order chi connectivity index (χ0) is 25.0. The average Bonchev–Trinajstić information content (AvgIpc) is 3.29. The molecule has 4 atom stereocenters. The first-order chi connectivity index (χ1) is 15.9. The van der Waals surface area contributed by atoms with E-state index in [0.29, 0.717) is 17.8 Å². The molecule has 2 aromatic rings. The maximum Gasteiger partial charge on any atom is 0.335 e. The number of fused-ring (bicyclic) bond motifs is 2. The second-order valence-electron chi connectivity index (χ2n) is 10.6. The Hall–Kier alpha value is -0.926. The van der Waals surface area contributed by atoms with Crippen LogP contribution in [0.15, 0.2) is 12.7 Å². The van der Waals surface area contributed by atoms with Crippen LogP contribution in [0.1, 0.15) is 61.6 Å². The highest BCUT2D eigenvalue weighted by Gasteiger charge is 2.61. The van der Waals surface area contributed by atoms with E-state index in [1.807, 2.05) is 0 Å². The fraction of sp³-hybridized carbons (Fsp3) is 0.773. The quantitative estimate of drug-likeness (QED) is 0.440. The van der Waals surface area contributed by atoms with E-state index in [9.17, 15) is 5.11 Å².